The fraction of sp³-hybridized carbons (Fsp3) is 0.308. The first-order valence-electron chi connectivity index (χ1n) is 5.36. The maximum absolute atomic E-state index is 9.35. The van der Waals surface area contributed by atoms with Crippen LogP contribution in [0.2, 0.25) is 0 Å². The highest BCUT2D eigenvalue weighted by Gasteiger charge is 2.10. The third-order valence-corrected chi connectivity index (χ3v) is 2.58. The van der Waals surface area contributed by atoms with Gasteiger partial charge in [0, 0.05) is 17.6 Å². The third-order valence-electron chi connectivity index (χ3n) is 2.58. The van der Waals surface area contributed by atoms with Gasteiger partial charge in [-0.2, -0.15) is 0 Å². The molecular formula is C13H15NO2. The van der Waals surface area contributed by atoms with Crippen LogP contribution in [0.25, 0.3) is 10.9 Å². The number of aliphatic hydroxyl groups excluding tert-OH is 1. The molecule has 0 aliphatic carbocycles. The molecule has 0 fully saturated rings. The molecule has 0 saturated heterocycles. The Morgan fingerprint density at radius 3 is 2.81 bits per heavy atom. The number of hydrogen-bond acceptors (Lipinski definition) is 3. The molecule has 1 aromatic carbocycles. The molecule has 1 unspecified atom stereocenters. The zero-order valence-corrected chi connectivity index (χ0v) is 9.42. The summed E-state index contributed by atoms with van der Waals surface area (Å²) in [6.45, 7) is 3.55. The number of rotatable bonds is 3. The minimum Gasteiger partial charge on any atom is -0.488 e. The Balaban J connectivity index is 2.26. The number of nitrogens with zero attached hydrogens (tertiary/aromatic N) is 1. The lowest BCUT2D eigenvalue weighted by atomic mass is 10.2. The van der Waals surface area contributed by atoms with E-state index in [-0.39, 0.29) is 6.10 Å². The fourth-order valence-electron chi connectivity index (χ4n) is 1.43. The Kier molecular flexibility index (Phi) is 3.06. The normalized spacial score (nSPS) is 14.7. The van der Waals surface area contributed by atoms with E-state index in [1.54, 1.807) is 13.1 Å². The Bertz CT molecular complexity index is 482. The molecule has 1 heterocycles. The SMILES string of the molecule is CC(Oc1ccc2cccnc2c1)[C@@H](C)O. The number of pyridine rings is 1. The highest BCUT2D eigenvalue weighted by molar-refractivity contribution is 5.79. The summed E-state index contributed by atoms with van der Waals surface area (Å²) < 4.78 is 5.59. The van der Waals surface area contributed by atoms with Crippen molar-refractivity contribution in [2.24, 2.45) is 0 Å². The molecule has 0 saturated carbocycles. The van der Waals surface area contributed by atoms with Gasteiger partial charge in [-0.05, 0) is 32.0 Å². The molecule has 0 aliphatic rings. The molecule has 0 bridgehead atoms. The van der Waals surface area contributed by atoms with E-state index in [0.29, 0.717) is 0 Å². The van der Waals surface area contributed by atoms with Crippen LogP contribution < -0.4 is 4.74 Å². The van der Waals surface area contributed by atoms with Gasteiger partial charge in [0.1, 0.15) is 11.9 Å². The molecular weight excluding hydrogens is 202 g/mol. The van der Waals surface area contributed by atoms with Crippen LogP contribution in [0.5, 0.6) is 5.75 Å². The number of fused-ring (bicyclic) bond motifs is 1. The van der Waals surface area contributed by atoms with Crippen molar-refractivity contribution in [2.75, 3.05) is 0 Å². The maximum Gasteiger partial charge on any atom is 0.122 e. The van der Waals surface area contributed by atoms with Crippen molar-refractivity contribution in [3.63, 3.8) is 0 Å². The quantitative estimate of drug-likeness (QED) is 0.858. The topological polar surface area (TPSA) is 42.4 Å². The highest BCUT2D eigenvalue weighted by Crippen LogP contribution is 2.20. The smallest absolute Gasteiger partial charge is 0.122 e. The molecule has 3 nitrogen and oxygen atoms in total. The van der Waals surface area contributed by atoms with Gasteiger partial charge in [0.05, 0.1) is 11.6 Å². The summed E-state index contributed by atoms with van der Waals surface area (Å²) in [7, 11) is 0. The van der Waals surface area contributed by atoms with Crippen LogP contribution in [0.3, 0.4) is 0 Å². The molecule has 16 heavy (non-hydrogen) atoms. The maximum atomic E-state index is 9.35. The van der Waals surface area contributed by atoms with Crippen LogP contribution >= 0.6 is 0 Å². The van der Waals surface area contributed by atoms with Crippen LogP contribution in [-0.2, 0) is 0 Å². The van der Waals surface area contributed by atoms with Crippen molar-refractivity contribution < 1.29 is 9.84 Å². The molecule has 2 aromatic rings. The van der Waals surface area contributed by atoms with E-state index >= 15 is 0 Å². The van der Waals surface area contributed by atoms with Crippen LogP contribution in [0.4, 0.5) is 0 Å². The first-order chi connectivity index (χ1) is 7.66. The van der Waals surface area contributed by atoms with Gasteiger partial charge >= 0.3 is 0 Å². The van der Waals surface area contributed by atoms with E-state index in [9.17, 15) is 5.11 Å². The number of aliphatic hydroxyl groups is 1. The minimum atomic E-state index is -0.487. The zero-order valence-electron chi connectivity index (χ0n) is 9.42. The summed E-state index contributed by atoms with van der Waals surface area (Å²) in [6.07, 6.45) is 1.05. The monoisotopic (exact) mass is 217 g/mol. The van der Waals surface area contributed by atoms with E-state index in [1.807, 2.05) is 37.3 Å². The van der Waals surface area contributed by atoms with E-state index in [0.717, 1.165) is 16.7 Å². The standard InChI is InChI=1S/C13H15NO2/c1-9(15)10(2)16-12-6-5-11-4-3-7-14-13(11)8-12/h3-10,15H,1-2H3/t9-,10?/m1/s1. The number of aromatic nitrogens is 1. The van der Waals surface area contributed by atoms with Crippen molar-refractivity contribution in [1.29, 1.82) is 0 Å². The van der Waals surface area contributed by atoms with Crippen LogP contribution in [0.15, 0.2) is 36.5 Å². The van der Waals surface area contributed by atoms with E-state index in [2.05, 4.69) is 4.98 Å². The Labute approximate surface area is 94.7 Å². The highest BCUT2D eigenvalue weighted by atomic mass is 16.5. The van der Waals surface area contributed by atoms with Gasteiger partial charge in [0.15, 0.2) is 0 Å². The zero-order chi connectivity index (χ0) is 11.5. The number of ether oxygens (including phenoxy) is 1. The van der Waals surface area contributed by atoms with Crippen molar-refractivity contribution in [1.82, 2.24) is 4.98 Å². The second kappa shape index (κ2) is 4.49. The lowest BCUT2D eigenvalue weighted by Gasteiger charge is -2.17. The predicted molar refractivity (Wildman–Crippen MR) is 63.5 cm³/mol. The molecule has 0 radical (unpaired) electrons. The first kappa shape index (κ1) is 10.9. The average molecular weight is 217 g/mol. The predicted octanol–water partition coefficient (Wildman–Crippen LogP) is 2.38. The summed E-state index contributed by atoms with van der Waals surface area (Å²) in [4.78, 5) is 4.25. The van der Waals surface area contributed by atoms with Crippen LogP contribution in [0.1, 0.15) is 13.8 Å². The number of hydrogen-bond donors (Lipinski definition) is 1. The third kappa shape index (κ3) is 2.31. The number of benzene rings is 1. The summed E-state index contributed by atoms with van der Waals surface area (Å²) in [6, 6.07) is 9.65. The van der Waals surface area contributed by atoms with Gasteiger partial charge in [-0.1, -0.05) is 6.07 Å². The van der Waals surface area contributed by atoms with Gasteiger partial charge in [0.2, 0.25) is 0 Å². The first-order valence-corrected chi connectivity index (χ1v) is 5.36. The summed E-state index contributed by atoms with van der Waals surface area (Å²) >= 11 is 0. The fourth-order valence-corrected chi connectivity index (χ4v) is 1.43. The second-order valence-corrected chi connectivity index (χ2v) is 3.92. The van der Waals surface area contributed by atoms with Crippen LogP contribution in [0, 0.1) is 0 Å². The van der Waals surface area contributed by atoms with Gasteiger partial charge in [-0.25, -0.2) is 0 Å². The van der Waals surface area contributed by atoms with Gasteiger partial charge < -0.3 is 9.84 Å². The van der Waals surface area contributed by atoms with Crippen molar-refractivity contribution in [3.8, 4) is 5.75 Å². The van der Waals surface area contributed by atoms with E-state index < -0.39 is 6.10 Å². The minimum absolute atomic E-state index is 0.221. The van der Waals surface area contributed by atoms with Gasteiger partial charge in [0.25, 0.3) is 0 Å². The Morgan fingerprint density at radius 2 is 2.06 bits per heavy atom. The van der Waals surface area contributed by atoms with Gasteiger partial charge in [-0.3, -0.25) is 4.98 Å². The molecule has 0 amide bonds. The largest absolute Gasteiger partial charge is 0.488 e. The molecule has 0 spiro atoms. The van der Waals surface area contributed by atoms with Crippen molar-refractivity contribution in [3.05, 3.63) is 36.5 Å². The van der Waals surface area contributed by atoms with Crippen molar-refractivity contribution in [2.45, 2.75) is 26.1 Å². The lowest BCUT2D eigenvalue weighted by molar-refractivity contribution is 0.0605. The molecule has 3 heteroatoms. The molecule has 1 N–H and O–H groups in total. The van der Waals surface area contributed by atoms with Crippen LogP contribution in [-0.4, -0.2) is 22.3 Å². The Hall–Kier alpha value is -1.61. The second-order valence-electron chi connectivity index (χ2n) is 3.92. The molecule has 1 aromatic heterocycles. The Morgan fingerprint density at radius 1 is 1.25 bits per heavy atom. The van der Waals surface area contributed by atoms with E-state index in [4.69, 9.17) is 4.74 Å². The van der Waals surface area contributed by atoms with E-state index in [1.165, 1.54) is 0 Å². The average Bonchev–Trinajstić information content (AvgIpc) is 2.28. The summed E-state index contributed by atoms with van der Waals surface area (Å²) in [5, 5.41) is 10.4. The molecule has 0 aliphatic heterocycles. The lowest BCUT2D eigenvalue weighted by Crippen LogP contribution is -2.25. The summed E-state index contributed by atoms with van der Waals surface area (Å²) in [5.41, 5.74) is 0.901. The molecule has 2 atom stereocenters. The van der Waals surface area contributed by atoms with Gasteiger partial charge in [-0.15, -0.1) is 0 Å². The molecule has 84 valence electrons. The van der Waals surface area contributed by atoms with Crippen molar-refractivity contribution >= 4 is 10.9 Å². The molecule has 2 rings (SSSR count). The summed E-state index contributed by atoms with van der Waals surface area (Å²) in [5.74, 6) is 0.736.